The van der Waals surface area contributed by atoms with Crippen LogP contribution in [0.1, 0.15) is 22.3 Å². The van der Waals surface area contributed by atoms with E-state index in [2.05, 4.69) is 122 Å². The van der Waals surface area contributed by atoms with Crippen LogP contribution in [0, 0.1) is 0 Å². The number of para-hydroxylation sites is 2. The molecule has 52 heavy (non-hydrogen) atoms. The van der Waals surface area contributed by atoms with E-state index >= 15 is 0 Å². The van der Waals surface area contributed by atoms with E-state index in [1.807, 2.05) is 35.6 Å². The first-order chi connectivity index (χ1) is 25.3. The lowest BCUT2D eigenvalue weighted by molar-refractivity contribution is 0.791. The van der Waals surface area contributed by atoms with Crippen molar-refractivity contribution in [3.8, 4) is 11.4 Å². The van der Waals surface area contributed by atoms with Crippen molar-refractivity contribution in [1.29, 1.82) is 0 Å². The van der Waals surface area contributed by atoms with E-state index in [0.29, 0.717) is 5.82 Å². The summed E-state index contributed by atoms with van der Waals surface area (Å²) in [7, 11) is 31.5. The third-order valence-corrected chi connectivity index (χ3v) is 11.4. The Morgan fingerprint density at radius 1 is 0.673 bits per heavy atom. The van der Waals surface area contributed by atoms with Gasteiger partial charge in [-0.25, -0.2) is 4.98 Å². The average Bonchev–Trinajstić information content (AvgIpc) is 3.85. The molecule has 2 heterocycles. The van der Waals surface area contributed by atoms with Crippen molar-refractivity contribution in [2.24, 2.45) is 0 Å². The largest absolute Gasteiger partial charge is 0.307 e. The average molecular weight is 668 g/mol. The number of rotatable bonds is 6. The van der Waals surface area contributed by atoms with Gasteiger partial charge in [0, 0.05) is 25.7 Å². The highest BCUT2D eigenvalue weighted by molar-refractivity contribution is 7.25. The third-order valence-electron chi connectivity index (χ3n) is 10.3. The maximum Gasteiger partial charge on any atom is 0.144 e. The van der Waals surface area contributed by atoms with Gasteiger partial charge in [-0.1, -0.05) is 121 Å². The number of imidazole rings is 1. The molecule has 10 radical (unpaired) electrons. The molecule has 0 saturated heterocycles. The van der Waals surface area contributed by atoms with E-state index < -0.39 is 5.41 Å². The SMILES string of the molecule is [B]C(=C)/C([B])=C([B])\C([B])=C(/[B])n1c(-c2ccc(C34C=CC=CC3=C(c3cccc5sc6ccccc6c35)c3ccccc34)cc2)nc2ccccc21. The number of allylic oxidation sites excluding steroid dienone is 9. The highest BCUT2D eigenvalue weighted by Gasteiger charge is 2.45. The highest BCUT2D eigenvalue weighted by Crippen LogP contribution is 2.56. The van der Waals surface area contributed by atoms with Gasteiger partial charge in [0.05, 0.1) is 16.4 Å². The van der Waals surface area contributed by atoms with Gasteiger partial charge in [0.15, 0.2) is 0 Å². The molecule has 2 aliphatic rings. The second-order valence-corrected chi connectivity index (χ2v) is 14.2. The molecule has 232 valence electrons. The summed E-state index contributed by atoms with van der Waals surface area (Å²) in [6.45, 7) is 3.69. The topological polar surface area (TPSA) is 17.8 Å². The van der Waals surface area contributed by atoms with Crippen molar-refractivity contribution in [2.75, 3.05) is 0 Å². The van der Waals surface area contributed by atoms with Crippen molar-refractivity contribution in [2.45, 2.75) is 5.41 Å². The van der Waals surface area contributed by atoms with Crippen molar-refractivity contribution in [3.05, 3.63) is 196 Å². The zero-order chi connectivity index (χ0) is 35.7. The Kier molecular flexibility index (Phi) is 7.71. The number of nitrogens with zero attached hydrogens (tertiary/aromatic N) is 2. The van der Waals surface area contributed by atoms with Crippen LogP contribution in [0.25, 0.3) is 53.8 Å². The maximum absolute atomic E-state index is 6.75. The standard InChI is InChI=1S/C44H25B5N2S/c1-25(45)39(46)40(47)41(48)42(49)51-34-17-6-5-16-33(34)50-43(51)26-20-22-27(23-21-26)44-24-9-8-15-32(44)37(28-11-2-4-14-31(28)44)30-13-10-19-36-38(30)29-12-3-7-18-35(29)52-36/h2-24H,1H2/b40-39-,42-41-. The van der Waals surface area contributed by atoms with E-state index in [1.54, 1.807) is 4.57 Å². The van der Waals surface area contributed by atoms with E-state index in [1.165, 1.54) is 48.0 Å². The molecular formula is C44H25B5N2S. The summed E-state index contributed by atoms with van der Waals surface area (Å²) in [4.78, 5) is 5.00. The highest BCUT2D eigenvalue weighted by atomic mass is 32.1. The van der Waals surface area contributed by atoms with Crippen molar-refractivity contribution in [1.82, 2.24) is 9.55 Å². The molecule has 5 aromatic carbocycles. The monoisotopic (exact) mass is 668 g/mol. The van der Waals surface area contributed by atoms with Gasteiger partial charge in [-0.15, -0.1) is 34.3 Å². The molecule has 0 fully saturated rings. The molecule has 0 N–H and O–H groups in total. The molecule has 2 aliphatic carbocycles. The molecule has 8 heteroatoms. The van der Waals surface area contributed by atoms with Crippen LogP contribution in [-0.2, 0) is 5.41 Å². The van der Waals surface area contributed by atoms with Crippen molar-refractivity contribution < 1.29 is 0 Å². The number of thiophene rings is 1. The second kappa shape index (κ2) is 12.4. The summed E-state index contributed by atoms with van der Waals surface area (Å²) in [6.07, 6.45) is 8.92. The molecule has 9 rings (SSSR count). The van der Waals surface area contributed by atoms with Crippen LogP contribution in [0.3, 0.4) is 0 Å². The summed E-state index contributed by atoms with van der Waals surface area (Å²) in [6, 6.07) is 40.5. The molecule has 0 spiro atoms. The van der Waals surface area contributed by atoms with Gasteiger partial charge in [-0.05, 0) is 63.3 Å². The van der Waals surface area contributed by atoms with Gasteiger partial charge in [0.1, 0.15) is 45.1 Å². The number of benzene rings is 5. The molecule has 0 amide bonds. The Morgan fingerprint density at radius 3 is 2.21 bits per heavy atom. The van der Waals surface area contributed by atoms with Gasteiger partial charge >= 0.3 is 0 Å². The minimum atomic E-state index is -0.502. The maximum atomic E-state index is 6.75. The quantitative estimate of drug-likeness (QED) is 0.128. The van der Waals surface area contributed by atoms with Gasteiger partial charge in [-0.3, -0.25) is 0 Å². The lowest BCUT2D eigenvalue weighted by atomic mass is 9.63. The van der Waals surface area contributed by atoms with Gasteiger partial charge in [0.25, 0.3) is 0 Å². The van der Waals surface area contributed by atoms with E-state index in [4.69, 9.17) is 44.2 Å². The molecule has 2 aromatic heterocycles. The fourth-order valence-corrected chi connectivity index (χ4v) is 9.01. The summed E-state index contributed by atoms with van der Waals surface area (Å²) in [5.41, 5.74) is 9.77. The Bertz CT molecular complexity index is 2810. The lowest BCUT2D eigenvalue weighted by Gasteiger charge is -2.32. The molecule has 7 aromatic rings. The predicted molar refractivity (Wildman–Crippen MR) is 224 cm³/mol. The number of aromatic nitrogens is 2. The Labute approximate surface area is 313 Å². The first kappa shape index (κ1) is 32.5. The van der Waals surface area contributed by atoms with Crippen LogP contribution in [0.5, 0.6) is 0 Å². The summed E-state index contributed by atoms with van der Waals surface area (Å²) < 4.78 is 4.38. The lowest BCUT2D eigenvalue weighted by Crippen LogP contribution is -2.26. The Balaban J connectivity index is 1.24. The van der Waals surface area contributed by atoms with Gasteiger partial charge < -0.3 is 4.57 Å². The van der Waals surface area contributed by atoms with Crippen molar-refractivity contribution in [3.63, 3.8) is 0 Å². The Morgan fingerprint density at radius 2 is 1.38 bits per heavy atom. The minimum Gasteiger partial charge on any atom is -0.307 e. The first-order valence-electron chi connectivity index (χ1n) is 16.9. The Hall–Kier alpha value is -5.45. The zero-order valence-corrected chi connectivity index (χ0v) is 29.0. The molecular weight excluding hydrogens is 643 g/mol. The molecule has 0 saturated carbocycles. The van der Waals surface area contributed by atoms with Crippen LogP contribution >= 0.6 is 11.3 Å². The molecule has 0 aliphatic heterocycles. The predicted octanol–water partition coefficient (Wildman–Crippen LogP) is 8.99. The minimum absolute atomic E-state index is 0.0569. The van der Waals surface area contributed by atoms with E-state index in [9.17, 15) is 0 Å². The van der Waals surface area contributed by atoms with Crippen LogP contribution in [0.2, 0.25) is 0 Å². The van der Waals surface area contributed by atoms with Gasteiger partial charge in [0.2, 0.25) is 0 Å². The molecule has 0 bridgehead atoms. The molecule has 1 atom stereocenters. The van der Waals surface area contributed by atoms with Crippen LogP contribution in [0.15, 0.2) is 174 Å². The fraction of sp³-hybridized carbons (Fsp3) is 0.0227. The molecule has 1 unspecified atom stereocenters. The van der Waals surface area contributed by atoms with Crippen molar-refractivity contribution >= 4 is 92.9 Å². The van der Waals surface area contributed by atoms with E-state index in [-0.39, 0.29) is 27.5 Å². The van der Waals surface area contributed by atoms with Gasteiger partial charge in [-0.2, -0.15) is 0 Å². The first-order valence-corrected chi connectivity index (χ1v) is 17.8. The van der Waals surface area contributed by atoms with Crippen LogP contribution in [0.4, 0.5) is 0 Å². The van der Waals surface area contributed by atoms with Crippen LogP contribution < -0.4 is 0 Å². The second-order valence-electron chi connectivity index (χ2n) is 13.1. The van der Waals surface area contributed by atoms with Crippen LogP contribution in [-0.4, -0.2) is 48.8 Å². The smallest absolute Gasteiger partial charge is 0.144 e. The molecule has 2 nitrogen and oxygen atoms in total. The number of hydrogen-bond acceptors (Lipinski definition) is 2. The number of hydrogen-bond donors (Lipinski definition) is 0. The normalized spacial score (nSPS) is 17.4. The fourth-order valence-electron chi connectivity index (χ4n) is 7.88. The summed E-state index contributed by atoms with van der Waals surface area (Å²) in [5.74, 6) is 0.613. The summed E-state index contributed by atoms with van der Waals surface area (Å²) in [5, 5.41) is 2.58. The summed E-state index contributed by atoms with van der Waals surface area (Å²) >= 11 is 1.84. The van der Waals surface area contributed by atoms with E-state index in [0.717, 1.165) is 22.2 Å². The number of fused-ring (bicyclic) bond motifs is 7. The third kappa shape index (κ3) is 4.74. The zero-order valence-electron chi connectivity index (χ0n) is 28.2.